The second-order valence-electron chi connectivity index (χ2n) is 6.39. The largest absolute Gasteiger partial charge is 0.352 e. The summed E-state index contributed by atoms with van der Waals surface area (Å²) in [5, 5.41) is 5.56. The van der Waals surface area contributed by atoms with Crippen LogP contribution in [-0.2, 0) is 6.42 Å². The Morgan fingerprint density at radius 3 is 2.18 bits per heavy atom. The Morgan fingerprint density at radius 1 is 0.786 bits per heavy atom. The van der Waals surface area contributed by atoms with E-state index in [9.17, 15) is 14.0 Å². The van der Waals surface area contributed by atoms with Gasteiger partial charge in [0.15, 0.2) is 0 Å². The van der Waals surface area contributed by atoms with Gasteiger partial charge in [-0.3, -0.25) is 9.59 Å². The highest BCUT2D eigenvalue weighted by atomic mass is 19.1. The number of amides is 2. The molecule has 0 aliphatic rings. The Bertz CT molecular complexity index is 940. The molecule has 0 unspecified atom stereocenters. The summed E-state index contributed by atoms with van der Waals surface area (Å²) in [7, 11) is 0. The number of hydrogen-bond acceptors (Lipinski definition) is 2. The molecule has 3 aromatic carbocycles. The molecule has 0 aliphatic carbocycles. The van der Waals surface area contributed by atoms with E-state index >= 15 is 0 Å². The molecular weight excluding hydrogens is 355 g/mol. The van der Waals surface area contributed by atoms with Gasteiger partial charge >= 0.3 is 0 Å². The third-order valence-electron chi connectivity index (χ3n) is 4.26. The van der Waals surface area contributed by atoms with E-state index in [1.807, 2.05) is 18.2 Å². The molecule has 0 spiro atoms. The van der Waals surface area contributed by atoms with Crippen molar-refractivity contribution >= 4 is 17.5 Å². The first-order valence-electron chi connectivity index (χ1n) is 9.11. The zero-order chi connectivity index (χ0) is 19.8. The van der Waals surface area contributed by atoms with E-state index in [-0.39, 0.29) is 17.6 Å². The van der Waals surface area contributed by atoms with Gasteiger partial charge in [-0.25, -0.2) is 4.39 Å². The zero-order valence-corrected chi connectivity index (χ0v) is 15.3. The number of carbonyl (C=O) groups excluding carboxylic acids is 2. The number of rotatable bonds is 7. The van der Waals surface area contributed by atoms with Gasteiger partial charge < -0.3 is 10.6 Å². The first-order chi connectivity index (χ1) is 13.6. The monoisotopic (exact) mass is 376 g/mol. The molecule has 3 aromatic rings. The number of nitrogens with one attached hydrogen (secondary N) is 2. The Morgan fingerprint density at radius 2 is 1.46 bits per heavy atom. The summed E-state index contributed by atoms with van der Waals surface area (Å²) < 4.78 is 13.0. The molecule has 3 rings (SSSR count). The summed E-state index contributed by atoms with van der Waals surface area (Å²) in [6.45, 7) is 0.555. The smallest absolute Gasteiger partial charge is 0.255 e. The molecule has 0 saturated carbocycles. The van der Waals surface area contributed by atoms with Crippen molar-refractivity contribution in [1.29, 1.82) is 0 Å². The van der Waals surface area contributed by atoms with Gasteiger partial charge in [0.1, 0.15) is 5.82 Å². The predicted molar refractivity (Wildman–Crippen MR) is 108 cm³/mol. The van der Waals surface area contributed by atoms with Crippen LogP contribution in [0.2, 0.25) is 0 Å². The fraction of sp³-hybridized carbons (Fsp3) is 0.130. The fourth-order valence-electron chi connectivity index (χ4n) is 2.78. The maximum Gasteiger partial charge on any atom is 0.255 e. The lowest BCUT2D eigenvalue weighted by Gasteiger charge is -2.08. The molecule has 2 amide bonds. The molecule has 4 nitrogen and oxygen atoms in total. The molecule has 0 saturated heterocycles. The Balaban J connectivity index is 1.53. The Hall–Kier alpha value is -3.47. The molecular formula is C23H21FN2O2. The van der Waals surface area contributed by atoms with Crippen LogP contribution in [0.25, 0.3) is 0 Å². The van der Waals surface area contributed by atoms with Crippen molar-refractivity contribution in [2.45, 2.75) is 12.8 Å². The number of benzene rings is 3. The standard InChI is InChI=1S/C23H21FN2O2/c24-20-11-13-21(14-12-20)26-23(28)19-10-4-9-18(16-19)22(27)25-15-5-8-17-6-2-1-3-7-17/h1-4,6-7,9-14,16H,5,8,15H2,(H,25,27)(H,26,28). The van der Waals surface area contributed by atoms with Crippen LogP contribution in [0.5, 0.6) is 0 Å². The first-order valence-corrected chi connectivity index (χ1v) is 9.11. The van der Waals surface area contributed by atoms with Gasteiger partial charge in [0, 0.05) is 23.4 Å². The summed E-state index contributed by atoms with van der Waals surface area (Å²) in [5.41, 5.74) is 2.51. The van der Waals surface area contributed by atoms with Crippen LogP contribution in [0.3, 0.4) is 0 Å². The minimum atomic E-state index is -0.371. The summed E-state index contributed by atoms with van der Waals surface area (Å²) >= 11 is 0. The van der Waals surface area contributed by atoms with Crippen LogP contribution in [0.15, 0.2) is 78.9 Å². The normalized spacial score (nSPS) is 10.3. The van der Waals surface area contributed by atoms with Gasteiger partial charge in [0.2, 0.25) is 0 Å². The van der Waals surface area contributed by atoms with E-state index in [1.54, 1.807) is 24.3 Å². The lowest BCUT2D eigenvalue weighted by atomic mass is 10.1. The topological polar surface area (TPSA) is 58.2 Å². The predicted octanol–water partition coefficient (Wildman–Crippen LogP) is 4.44. The summed E-state index contributed by atoms with van der Waals surface area (Å²) in [6, 6.07) is 22.1. The molecule has 28 heavy (non-hydrogen) atoms. The second-order valence-corrected chi connectivity index (χ2v) is 6.39. The molecule has 0 bridgehead atoms. The Kier molecular flexibility index (Phi) is 6.52. The molecule has 0 aromatic heterocycles. The van der Waals surface area contributed by atoms with Crippen LogP contribution >= 0.6 is 0 Å². The van der Waals surface area contributed by atoms with Crippen LogP contribution < -0.4 is 10.6 Å². The van der Waals surface area contributed by atoms with Gasteiger partial charge in [-0.05, 0) is 60.9 Å². The van der Waals surface area contributed by atoms with Crippen LogP contribution in [-0.4, -0.2) is 18.4 Å². The number of hydrogen-bond donors (Lipinski definition) is 2. The van der Waals surface area contributed by atoms with E-state index in [1.165, 1.54) is 29.8 Å². The number of halogens is 1. The summed E-state index contributed by atoms with van der Waals surface area (Å²) in [5.74, 6) is -0.946. The van der Waals surface area contributed by atoms with Gasteiger partial charge in [-0.1, -0.05) is 36.4 Å². The summed E-state index contributed by atoms with van der Waals surface area (Å²) in [6.07, 6.45) is 1.72. The van der Waals surface area contributed by atoms with Gasteiger partial charge in [-0.15, -0.1) is 0 Å². The van der Waals surface area contributed by atoms with E-state index in [0.717, 1.165) is 12.8 Å². The SMILES string of the molecule is O=C(NCCCc1ccccc1)c1cccc(C(=O)Nc2ccc(F)cc2)c1. The first kappa shape index (κ1) is 19.3. The van der Waals surface area contributed by atoms with Crippen molar-refractivity contribution in [3.63, 3.8) is 0 Å². The molecule has 142 valence electrons. The average Bonchev–Trinajstić information content (AvgIpc) is 2.73. The van der Waals surface area contributed by atoms with Gasteiger partial charge in [0.25, 0.3) is 11.8 Å². The Labute approximate surface area is 163 Å². The van der Waals surface area contributed by atoms with Gasteiger partial charge in [0.05, 0.1) is 0 Å². The van der Waals surface area contributed by atoms with Crippen molar-refractivity contribution < 1.29 is 14.0 Å². The number of anilines is 1. The summed E-state index contributed by atoms with van der Waals surface area (Å²) in [4.78, 5) is 24.7. The lowest BCUT2D eigenvalue weighted by Crippen LogP contribution is -2.25. The molecule has 0 heterocycles. The quantitative estimate of drug-likeness (QED) is 0.599. The van der Waals surface area contributed by atoms with E-state index in [0.29, 0.717) is 23.4 Å². The molecule has 0 fully saturated rings. The van der Waals surface area contributed by atoms with Crippen LogP contribution in [0.4, 0.5) is 10.1 Å². The van der Waals surface area contributed by atoms with E-state index < -0.39 is 0 Å². The fourth-order valence-corrected chi connectivity index (χ4v) is 2.78. The molecule has 0 aliphatic heterocycles. The number of aryl methyl sites for hydroxylation is 1. The van der Waals surface area contributed by atoms with Gasteiger partial charge in [-0.2, -0.15) is 0 Å². The van der Waals surface area contributed by atoms with Crippen molar-refractivity contribution in [3.8, 4) is 0 Å². The van der Waals surface area contributed by atoms with Crippen molar-refractivity contribution in [2.24, 2.45) is 0 Å². The van der Waals surface area contributed by atoms with Crippen LogP contribution in [0.1, 0.15) is 32.7 Å². The maximum atomic E-state index is 13.0. The average molecular weight is 376 g/mol. The van der Waals surface area contributed by atoms with E-state index in [2.05, 4.69) is 22.8 Å². The lowest BCUT2D eigenvalue weighted by molar-refractivity contribution is 0.0953. The zero-order valence-electron chi connectivity index (χ0n) is 15.3. The van der Waals surface area contributed by atoms with Crippen molar-refractivity contribution in [2.75, 3.05) is 11.9 Å². The highest BCUT2D eigenvalue weighted by Gasteiger charge is 2.10. The molecule has 5 heteroatoms. The minimum absolute atomic E-state index is 0.218. The van der Waals surface area contributed by atoms with Crippen molar-refractivity contribution in [3.05, 3.63) is 101 Å². The molecule has 2 N–H and O–H groups in total. The molecule has 0 radical (unpaired) electrons. The number of carbonyl (C=O) groups is 2. The maximum absolute atomic E-state index is 13.0. The minimum Gasteiger partial charge on any atom is -0.352 e. The van der Waals surface area contributed by atoms with Crippen molar-refractivity contribution in [1.82, 2.24) is 5.32 Å². The van der Waals surface area contributed by atoms with E-state index in [4.69, 9.17) is 0 Å². The highest BCUT2D eigenvalue weighted by molar-refractivity contribution is 6.06. The third-order valence-corrected chi connectivity index (χ3v) is 4.26. The second kappa shape index (κ2) is 9.46. The third kappa shape index (κ3) is 5.51. The van der Waals surface area contributed by atoms with Crippen LogP contribution in [0, 0.1) is 5.82 Å². The molecule has 0 atom stereocenters. The highest BCUT2D eigenvalue weighted by Crippen LogP contribution is 2.12.